The third-order valence-corrected chi connectivity index (χ3v) is 21.2. The molecule has 8 rings (SSSR count). The summed E-state index contributed by atoms with van der Waals surface area (Å²) >= 11 is -2.39. The molecule has 0 heterocycles. The summed E-state index contributed by atoms with van der Waals surface area (Å²) in [6.07, 6.45) is 17.4. The fraction of sp³-hybridized carbons (Fsp3) is 0.528. The number of rotatable bonds is 2. The molecule has 4 saturated carbocycles. The van der Waals surface area contributed by atoms with Gasteiger partial charge in [-0.05, 0) is 0 Å². The second-order valence-electron chi connectivity index (χ2n) is 15.6. The number of fused-ring (bicyclic) bond motifs is 3. The van der Waals surface area contributed by atoms with Crippen LogP contribution in [0.25, 0.3) is 11.1 Å². The van der Waals surface area contributed by atoms with E-state index in [4.69, 9.17) is 0 Å². The molecular weight excluding hydrogens is 498 g/mol. The zero-order valence-corrected chi connectivity index (χ0v) is 27.1. The van der Waals surface area contributed by atoms with Crippen LogP contribution in [0.3, 0.4) is 0 Å². The van der Waals surface area contributed by atoms with Crippen LogP contribution in [-0.2, 0) is 32.8 Å². The van der Waals surface area contributed by atoms with Crippen molar-refractivity contribution in [2.75, 3.05) is 0 Å². The molecule has 0 nitrogen and oxygen atoms in total. The van der Waals surface area contributed by atoms with Gasteiger partial charge in [0.25, 0.3) is 0 Å². The number of benzene rings is 2. The van der Waals surface area contributed by atoms with Gasteiger partial charge in [0.15, 0.2) is 0 Å². The molecule has 0 aromatic heterocycles. The Hall–Kier alpha value is -1.59. The van der Waals surface area contributed by atoms with Crippen LogP contribution < -0.4 is 4.16 Å². The van der Waals surface area contributed by atoms with Crippen molar-refractivity contribution in [1.29, 1.82) is 0 Å². The van der Waals surface area contributed by atoms with E-state index in [9.17, 15) is 0 Å². The first kappa shape index (κ1) is 24.5. The molecule has 4 fully saturated rings. The summed E-state index contributed by atoms with van der Waals surface area (Å²) in [6.45, 7) is 14.4. The topological polar surface area (TPSA) is 0 Å². The fourth-order valence-corrected chi connectivity index (χ4v) is 20.5. The van der Waals surface area contributed by atoms with E-state index in [2.05, 4.69) is 94.2 Å². The molecule has 2 aromatic rings. The van der Waals surface area contributed by atoms with Gasteiger partial charge in [-0.3, -0.25) is 0 Å². The Labute approximate surface area is 230 Å². The van der Waals surface area contributed by atoms with Crippen LogP contribution in [0.4, 0.5) is 0 Å². The van der Waals surface area contributed by atoms with Gasteiger partial charge < -0.3 is 0 Å². The standard InChI is InChI=1S/C21H25.C10H14.C5H5.Zn/c1-20(2,3)16-9-7-14-11-15-8-10-17(21(4,5)6)13-19(15)18(14)12-16;1-7-2-9-4-8(1)5-10(3-7)6-9;1-2-4-5-3-1;/h7,9-10,12-13H,11H2,1-6H3;7-10H,1-5H2;1-3H,4H2;. The van der Waals surface area contributed by atoms with E-state index in [0.717, 1.165) is 30.1 Å². The Morgan fingerprint density at radius 2 is 1.38 bits per heavy atom. The van der Waals surface area contributed by atoms with Gasteiger partial charge in [0.2, 0.25) is 0 Å². The van der Waals surface area contributed by atoms with Crippen molar-refractivity contribution >= 4 is 8.26 Å². The Balaban J connectivity index is 1.48. The predicted molar refractivity (Wildman–Crippen MR) is 156 cm³/mol. The van der Waals surface area contributed by atoms with Gasteiger partial charge >= 0.3 is 231 Å². The van der Waals surface area contributed by atoms with Crippen molar-refractivity contribution in [2.24, 2.45) is 23.7 Å². The average Bonchev–Trinajstić information content (AvgIpc) is 3.47. The quantitative estimate of drug-likeness (QED) is 0.285. The summed E-state index contributed by atoms with van der Waals surface area (Å²) in [4.78, 5) is 0. The first-order chi connectivity index (χ1) is 17.6. The van der Waals surface area contributed by atoms with Gasteiger partial charge in [-0.2, -0.15) is 0 Å². The first-order valence-electron chi connectivity index (χ1n) is 15.3. The summed E-state index contributed by atoms with van der Waals surface area (Å²) < 4.78 is 5.90. The molecule has 6 aliphatic rings. The third kappa shape index (κ3) is 4.06. The number of hydrogen-bond donors (Lipinski definition) is 0. The van der Waals surface area contributed by atoms with Crippen LogP contribution in [0, 0.1) is 23.7 Å². The van der Waals surface area contributed by atoms with Crippen molar-refractivity contribution in [3.05, 3.63) is 75.0 Å². The molecule has 0 aliphatic heterocycles. The second kappa shape index (κ2) is 8.45. The third-order valence-electron chi connectivity index (χ3n) is 11.1. The Morgan fingerprint density at radius 1 is 0.730 bits per heavy atom. The monoisotopic (exact) mass is 540 g/mol. The Kier molecular flexibility index (Phi) is 5.59. The summed E-state index contributed by atoms with van der Waals surface area (Å²) in [5.41, 5.74) is 9.79. The average molecular weight is 542 g/mol. The summed E-state index contributed by atoms with van der Waals surface area (Å²) in [5.74, 6) is 3.98. The van der Waals surface area contributed by atoms with Crippen molar-refractivity contribution in [3.8, 4) is 11.1 Å². The SMILES string of the molecule is CC(C)(C)c1ccc2c(c1)-c1cc(C(C)(C)C)c[c]([Zn]([C]3=CC=CC3)=[C]3C4CC5CC(C4)CC3C5)c1C2. The van der Waals surface area contributed by atoms with Crippen LogP contribution in [0.15, 0.2) is 52.7 Å². The molecule has 1 heteroatoms. The van der Waals surface area contributed by atoms with Crippen LogP contribution in [0.1, 0.15) is 102 Å². The van der Waals surface area contributed by atoms with E-state index >= 15 is 0 Å². The summed E-state index contributed by atoms with van der Waals surface area (Å²) in [6, 6.07) is 12.8. The first-order valence-corrected chi connectivity index (χ1v) is 19.7. The summed E-state index contributed by atoms with van der Waals surface area (Å²) in [5, 5.41) is 0. The molecule has 190 valence electrons. The molecule has 2 aromatic carbocycles. The van der Waals surface area contributed by atoms with Gasteiger partial charge in [-0.25, -0.2) is 0 Å². The Bertz CT molecular complexity index is 1350. The number of allylic oxidation sites excluding steroid dienone is 4. The Morgan fingerprint density at radius 3 is 1.97 bits per heavy atom. The van der Waals surface area contributed by atoms with Crippen LogP contribution in [0.2, 0.25) is 0 Å². The fourth-order valence-electron chi connectivity index (χ4n) is 9.42. The van der Waals surface area contributed by atoms with E-state index in [-0.39, 0.29) is 10.8 Å². The second-order valence-corrected chi connectivity index (χ2v) is 23.0. The maximum atomic E-state index is 2.76. The molecular formula is C36H44Zn. The molecule has 0 unspecified atom stereocenters. The molecule has 37 heavy (non-hydrogen) atoms. The molecule has 0 saturated heterocycles. The van der Waals surface area contributed by atoms with Gasteiger partial charge in [0, 0.05) is 0 Å². The molecule has 4 bridgehead atoms. The van der Waals surface area contributed by atoms with Crippen LogP contribution in [0.5, 0.6) is 0 Å². The van der Waals surface area contributed by atoms with Crippen molar-refractivity contribution < 1.29 is 15.5 Å². The van der Waals surface area contributed by atoms with Gasteiger partial charge in [0.05, 0.1) is 0 Å². The zero-order valence-electron chi connectivity index (χ0n) is 24.1. The predicted octanol–water partition coefficient (Wildman–Crippen LogP) is 8.57. The van der Waals surface area contributed by atoms with Crippen molar-refractivity contribution in [1.82, 2.24) is 0 Å². The zero-order chi connectivity index (χ0) is 25.7. The van der Waals surface area contributed by atoms with Gasteiger partial charge in [0.1, 0.15) is 0 Å². The normalized spacial score (nSPS) is 27.3. The van der Waals surface area contributed by atoms with Crippen molar-refractivity contribution in [3.63, 3.8) is 0 Å². The van der Waals surface area contributed by atoms with E-state index in [1.807, 2.05) is 8.33 Å². The van der Waals surface area contributed by atoms with Crippen LogP contribution >= 0.6 is 0 Å². The number of hydrogen-bond acceptors (Lipinski definition) is 0. The van der Waals surface area contributed by atoms with E-state index in [1.165, 1.54) is 43.2 Å². The van der Waals surface area contributed by atoms with Gasteiger partial charge in [-0.15, -0.1) is 0 Å². The summed E-state index contributed by atoms with van der Waals surface area (Å²) in [7, 11) is 0. The minimum atomic E-state index is -2.39. The molecule has 0 spiro atoms. The molecule has 0 N–H and O–H groups in total. The van der Waals surface area contributed by atoms with E-state index < -0.39 is 15.5 Å². The molecule has 6 aliphatic carbocycles. The van der Waals surface area contributed by atoms with Crippen molar-refractivity contribution in [2.45, 2.75) is 97.3 Å². The molecule has 0 atom stereocenters. The minimum absolute atomic E-state index is 0.168. The van der Waals surface area contributed by atoms with E-state index in [1.54, 1.807) is 28.7 Å². The van der Waals surface area contributed by atoms with Crippen LogP contribution in [-0.4, -0.2) is 4.11 Å². The van der Waals surface area contributed by atoms with E-state index in [0.29, 0.717) is 0 Å². The van der Waals surface area contributed by atoms with Gasteiger partial charge in [-0.1, -0.05) is 0 Å². The molecule has 0 amide bonds. The molecule has 0 radical (unpaired) electrons. The maximum absolute atomic E-state index is 2.76.